The van der Waals surface area contributed by atoms with Gasteiger partial charge in [0, 0.05) is 35.8 Å². The zero-order chi connectivity index (χ0) is 20.3. The summed E-state index contributed by atoms with van der Waals surface area (Å²) < 4.78 is 12.9. The minimum atomic E-state index is 0.0875. The summed E-state index contributed by atoms with van der Waals surface area (Å²) in [5, 5.41) is 10.6. The average molecular weight is 423 g/mol. The molecule has 0 atom stereocenters. The third-order valence-electron chi connectivity index (χ3n) is 5.13. The zero-order valence-electron chi connectivity index (χ0n) is 16.3. The molecular weight excluding hydrogens is 402 g/mol. The molecule has 1 aromatic carbocycles. The van der Waals surface area contributed by atoms with Gasteiger partial charge in [-0.15, -0.1) is 10.2 Å². The average Bonchev–Trinajstić information content (AvgIpc) is 3.53. The van der Waals surface area contributed by atoms with Crippen molar-refractivity contribution in [1.29, 1.82) is 0 Å². The van der Waals surface area contributed by atoms with Crippen LogP contribution in [-0.4, -0.2) is 62.6 Å². The lowest BCUT2D eigenvalue weighted by Gasteiger charge is -2.26. The highest BCUT2D eigenvalue weighted by Gasteiger charge is 2.21. The monoisotopic (exact) mass is 423 g/mol. The number of morpholine rings is 1. The number of rotatable bonds is 6. The number of ether oxygens (including phenoxy) is 1. The Morgan fingerprint density at radius 3 is 2.83 bits per heavy atom. The Morgan fingerprint density at radius 1 is 1.13 bits per heavy atom. The predicted molar refractivity (Wildman–Crippen MR) is 113 cm³/mol. The molecule has 1 N–H and O–H groups in total. The molecule has 1 aliphatic rings. The summed E-state index contributed by atoms with van der Waals surface area (Å²) in [6.45, 7) is 2.95. The fraction of sp³-hybridized carbons (Fsp3) is 0.286. The van der Waals surface area contributed by atoms with E-state index in [2.05, 4.69) is 21.2 Å². The van der Waals surface area contributed by atoms with Crippen LogP contribution in [0.5, 0.6) is 0 Å². The van der Waals surface area contributed by atoms with Gasteiger partial charge in [0.1, 0.15) is 5.76 Å². The van der Waals surface area contributed by atoms with Crippen molar-refractivity contribution in [3.8, 4) is 11.4 Å². The summed E-state index contributed by atoms with van der Waals surface area (Å²) in [4.78, 5) is 17.7. The van der Waals surface area contributed by atoms with Crippen LogP contribution < -0.4 is 0 Å². The van der Waals surface area contributed by atoms with E-state index in [0.29, 0.717) is 43.8 Å². The SMILES string of the molecule is O=C(CSc1nnc(-c2c[nH]c3ccccc23)n1Cc1ccco1)N1CCOCC1. The van der Waals surface area contributed by atoms with Crippen LogP contribution in [0.25, 0.3) is 22.3 Å². The van der Waals surface area contributed by atoms with E-state index in [9.17, 15) is 4.79 Å². The Morgan fingerprint density at radius 2 is 2.00 bits per heavy atom. The number of furan rings is 1. The van der Waals surface area contributed by atoms with Crippen LogP contribution in [-0.2, 0) is 16.1 Å². The van der Waals surface area contributed by atoms with Gasteiger partial charge in [0.15, 0.2) is 11.0 Å². The van der Waals surface area contributed by atoms with Gasteiger partial charge in [-0.2, -0.15) is 0 Å². The second kappa shape index (κ2) is 8.37. The van der Waals surface area contributed by atoms with Crippen LogP contribution in [0.3, 0.4) is 0 Å². The normalized spacial score (nSPS) is 14.5. The number of hydrogen-bond acceptors (Lipinski definition) is 6. The number of aromatic amines is 1. The molecular formula is C21H21N5O3S. The molecule has 0 aliphatic carbocycles. The van der Waals surface area contributed by atoms with E-state index in [-0.39, 0.29) is 5.91 Å². The van der Waals surface area contributed by atoms with E-state index in [1.165, 1.54) is 11.8 Å². The molecule has 9 heteroatoms. The molecule has 154 valence electrons. The van der Waals surface area contributed by atoms with Crippen molar-refractivity contribution in [3.05, 3.63) is 54.6 Å². The molecule has 0 spiro atoms. The van der Waals surface area contributed by atoms with Crippen molar-refractivity contribution in [3.63, 3.8) is 0 Å². The van der Waals surface area contributed by atoms with Crippen LogP contribution in [0, 0.1) is 0 Å². The van der Waals surface area contributed by atoms with E-state index in [4.69, 9.17) is 9.15 Å². The third-order valence-corrected chi connectivity index (χ3v) is 6.08. The second-order valence-corrected chi connectivity index (χ2v) is 7.94. The van der Waals surface area contributed by atoms with Crippen LogP contribution in [0.15, 0.2) is 58.4 Å². The maximum atomic E-state index is 12.6. The van der Waals surface area contributed by atoms with Gasteiger partial charge in [-0.05, 0) is 18.2 Å². The lowest BCUT2D eigenvalue weighted by molar-refractivity contribution is -0.132. The Kier molecular flexibility index (Phi) is 5.29. The van der Waals surface area contributed by atoms with E-state index < -0.39 is 0 Å². The zero-order valence-corrected chi connectivity index (χ0v) is 17.1. The number of carbonyl (C=O) groups excluding carboxylic acids is 1. The summed E-state index contributed by atoms with van der Waals surface area (Å²) in [5.41, 5.74) is 2.01. The van der Waals surface area contributed by atoms with Gasteiger partial charge in [-0.1, -0.05) is 30.0 Å². The second-order valence-electron chi connectivity index (χ2n) is 7.00. The number of thioether (sulfide) groups is 1. The van der Waals surface area contributed by atoms with Gasteiger partial charge in [0.05, 0.1) is 31.8 Å². The summed E-state index contributed by atoms with van der Waals surface area (Å²) in [6, 6.07) is 11.9. The summed E-state index contributed by atoms with van der Waals surface area (Å²) in [6.07, 6.45) is 3.60. The number of H-pyrrole nitrogens is 1. The molecule has 1 amide bonds. The molecule has 1 saturated heterocycles. The van der Waals surface area contributed by atoms with Crippen LogP contribution in [0.1, 0.15) is 5.76 Å². The highest BCUT2D eigenvalue weighted by Crippen LogP contribution is 2.30. The molecule has 1 aliphatic heterocycles. The van der Waals surface area contributed by atoms with Gasteiger partial charge in [-0.3, -0.25) is 9.36 Å². The van der Waals surface area contributed by atoms with Crippen molar-refractivity contribution in [1.82, 2.24) is 24.6 Å². The Labute approximate surface area is 177 Å². The van der Waals surface area contributed by atoms with Gasteiger partial charge < -0.3 is 19.0 Å². The first kappa shape index (κ1) is 19.0. The van der Waals surface area contributed by atoms with Crippen molar-refractivity contribution >= 4 is 28.6 Å². The molecule has 5 rings (SSSR count). The maximum absolute atomic E-state index is 12.6. The Bertz CT molecular complexity index is 1140. The van der Waals surface area contributed by atoms with Crippen molar-refractivity contribution in [2.24, 2.45) is 0 Å². The third kappa shape index (κ3) is 3.73. The number of nitrogens with one attached hydrogen (secondary N) is 1. The van der Waals surface area contributed by atoms with Gasteiger partial charge >= 0.3 is 0 Å². The first-order valence-corrected chi connectivity index (χ1v) is 10.8. The summed E-state index contributed by atoms with van der Waals surface area (Å²) >= 11 is 1.40. The van der Waals surface area contributed by atoms with Crippen LogP contribution in [0.2, 0.25) is 0 Å². The van der Waals surface area contributed by atoms with E-state index in [1.54, 1.807) is 6.26 Å². The number of para-hydroxylation sites is 1. The topological polar surface area (TPSA) is 89.2 Å². The number of nitrogens with zero attached hydrogens (tertiary/aromatic N) is 4. The van der Waals surface area contributed by atoms with Crippen molar-refractivity contribution in [2.45, 2.75) is 11.7 Å². The molecule has 0 radical (unpaired) electrons. The number of hydrogen-bond donors (Lipinski definition) is 1. The highest BCUT2D eigenvalue weighted by molar-refractivity contribution is 7.99. The Hall–Kier alpha value is -3.04. The summed E-state index contributed by atoms with van der Waals surface area (Å²) in [5.74, 6) is 1.94. The number of fused-ring (bicyclic) bond motifs is 1. The number of carbonyl (C=O) groups is 1. The fourth-order valence-corrected chi connectivity index (χ4v) is 4.42. The molecule has 8 nitrogen and oxygen atoms in total. The Balaban J connectivity index is 1.44. The standard InChI is InChI=1S/C21H21N5O3S/c27-19(25-7-10-28-11-8-25)14-30-21-24-23-20(26(21)13-15-4-3-9-29-15)17-12-22-18-6-2-1-5-16(17)18/h1-6,9,12,22H,7-8,10-11,13-14H2. The molecule has 3 aromatic heterocycles. The molecule has 4 heterocycles. The molecule has 0 saturated carbocycles. The van der Waals surface area contributed by atoms with Crippen molar-refractivity contribution < 1.29 is 13.9 Å². The van der Waals surface area contributed by atoms with E-state index in [0.717, 1.165) is 28.1 Å². The van der Waals surface area contributed by atoms with Gasteiger partial charge in [-0.25, -0.2) is 0 Å². The lowest BCUT2D eigenvalue weighted by atomic mass is 10.1. The number of aromatic nitrogens is 4. The lowest BCUT2D eigenvalue weighted by Crippen LogP contribution is -2.41. The number of benzene rings is 1. The van der Waals surface area contributed by atoms with Crippen molar-refractivity contribution in [2.75, 3.05) is 32.1 Å². The van der Waals surface area contributed by atoms with Crippen LogP contribution >= 0.6 is 11.8 Å². The maximum Gasteiger partial charge on any atom is 0.233 e. The quantitative estimate of drug-likeness (QED) is 0.480. The largest absolute Gasteiger partial charge is 0.467 e. The first-order chi connectivity index (χ1) is 14.8. The first-order valence-electron chi connectivity index (χ1n) is 9.80. The minimum Gasteiger partial charge on any atom is -0.467 e. The van der Waals surface area contributed by atoms with Crippen LogP contribution in [0.4, 0.5) is 0 Å². The highest BCUT2D eigenvalue weighted by atomic mass is 32.2. The fourth-order valence-electron chi connectivity index (χ4n) is 3.58. The summed E-state index contributed by atoms with van der Waals surface area (Å²) in [7, 11) is 0. The van der Waals surface area contributed by atoms with E-state index >= 15 is 0 Å². The number of amides is 1. The molecule has 30 heavy (non-hydrogen) atoms. The molecule has 0 bridgehead atoms. The predicted octanol–water partition coefficient (Wildman–Crippen LogP) is 3.02. The molecule has 1 fully saturated rings. The molecule has 0 unspecified atom stereocenters. The van der Waals surface area contributed by atoms with Gasteiger partial charge in [0.25, 0.3) is 0 Å². The minimum absolute atomic E-state index is 0.0875. The van der Waals surface area contributed by atoms with Gasteiger partial charge in [0.2, 0.25) is 5.91 Å². The smallest absolute Gasteiger partial charge is 0.233 e. The van der Waals surface area contributed by atoms with E-state index in [1.807, 2.05) is 46.0 Å². The molecule has 4 aromatic rings.